The Morgan fingerprint density at radius 1 is 1.05 bits per heavy atom. The van der Waals surface area contributed by atoms with Crippen LogP contribution in [0.15, 0.2) is 48.5 Å². The van der Waals surface area contributed by atoms with Crippen molar-refractivity contribution in [1.82, 2.24) is 0 Å². The number of anilines is 1. The van der Waals surface area contributed by atoms with Gasteiger partial charge in [-0.25, -0.2) is 0 Å². The molecule has 2 aromatic rings. The normalized spacial score (nSPS) is 11.8. The van der Waals surface area contributed by atoms with Gasteiger partial charge in [0, 0.05) is 28.7 Å². The van der Waals surface area contributed by atoms with E-state index in [0.717, 1.165) is 0 Å². The van der Waals surface area contributed by atoms with Crippen molar-refractivity contribution in [2.24, 2.45) is 0 Å². The lowest BCUT2D eigenvalue weighted by Crippen LogP contribution is -2.28. The summed E-state index contributed by atoms with van der Waals surface area (Å²) in [6.45, 7) is 1.48. The van der Waals surface area contributed by atoms with Gasteiger partial charge in [-0.3, -0.25) is 4.79 Å². The van der Waals surface area contributed by atoms with Crippen molar-refractivity contribution >= 4 is 17.4 Å². The number of hydrogen-bond donors (Lipinski definition) is 1. The number of carbonyl (C=O) groups excluding carboxylic acids is 2. The van der Waals surface area contributed by atoms with E-state index >= 15 is 0 Å². The zero-order valence-electron chi connectivity index (χ0n) is 11.0. The quantitative estimate of drug-likeness (QED) is 0.670. The van der Waals surface area contributed by atoms with E-state index in [4.69, 9.17) is 5.73 Å². The number of carboxylic acids is 1. The van der Waals surface area contributed by atoms with E-state index < -0.39 is 11.9 Å². The Balaban J connectivity index is 2.46. The predicted octanol–water partition coefficient (Wildman–Crippen LogP) is 1.35. The Bertz CT molecular complexity index is 650. The highest BCUT2D eigenvalue weighted by molar-refractivity contribution is 6.12. The summed E-state index contributed by atoms with van der Waals surface area (Å²) in [5.41, 5.74) is 7.35. The highest BCUT2D eigenvalue weighted by atomic mass is 16.4. The first-order valence-electron chi connectivity index (χ1n) is 6.21. The molecular weight excluding hydrogens is 254 g/mol. The molecule has 1 atom stereocenters. The van der Waals surface area contributed by atoms with Gasteiger partial charge in [0.2, 0.25) is 0 Å². The highest BCUT2D eigenvalue weighted by Crippen LogP contribution is 2.26. The third-order valence-corrected chi connectivity index (χ3v) is 3.24. The minimum Gasteiger partial charge on any atom is -0.550 e. The van der Waals surface area contributed by atoms with Gasteiger partial charge in [-0.05, 0) is 11.6 Å². The van der Waals surface area contributed by atoms with Crippen LogP contribution < -0.4 is 10.8 Å². The summed E-state index contributed by atoms with van der Waals surface area (Å²) < 4.78 is 0. The van der Waals surface area contributed by atoms with Crippen molar-refractivity contribution in [3.63, 3.8) is 0 Å². The summed E-state index contributed by atoms with van der Waals surface area (Å²) in [5.74, 6) is -2.31. The second-order valence-corrected chi connectivity index (χ2v) is 4.54. The lowest BCUT2D eigenvalue weighted by Gasteiger charge is -2.17. The number of benzene rings is 2. The second-order valence-electron chi connectivity index (χ2n) is 4.54. The fraction of sp³-hybridized carbons (Fsp3) is 0.125. The molecule has 0 radical (unpaired) electrons. The Morgan fingerprint density at radius 3 is 2.30 bits per heavy atom. The number of carbonyl (C=O) groups is 2. The molecule has 2 aromatic carbocycles. The molecule has 102 valence electrons. The summed E-state index contributed by atoms with van der Waals surface area (Å²) >= 11 is 0. The van der Waals surface area contributed by atoms with E-state index in [9.17, 15) is 14.7 Å². The third kappa shape index (κ3) is 2.54. The van der Waals surface area contributed by atoms with Crippen molar-refractivity contribution in [1.29, 1.82) is 0 Å². The zero-order chi connectivity index (χ0) is 14.7. The minimum atomic E-state index is -1.22. The maximum absolute atomic E-state index is 12.4. The number of rotatable bonds is 4. The van der Waals surface area contributed by atoms with Gasteiger partial charge < -0.3 is 15.6 Å². The first-order chi connectivity index (χ1) is 9.52. The maximum atomic E-state index is 12.4. The molecule has 0 fully saturated rings. The molecule has 4 nitrogen and oxygen atoms in total. The van der Waals surface area contributed by atoms with Crippen LogP contribution in [0, 0.1) is 0 Å². The molecule has 0 aliphatic heterocycles. The predicted molar refractivity (Wildman–Crippen MR) is 74.2 cm³/mol. The van der Waals surface area contributed by atoms with Crippen molar-refractivity contribution in [2.45, 2.75) is 12.8 Å². The molecule has 0 bridgehead atoms. The minimum absolute atomic E-state index is 0.193. The van der Waals surface area contributed by atoms with Gasteiger partial charge in [0.15, 0.2) is 5.78 Å². The van der Waals surface area contributed by atoms with Crippen molar-refractivity contribution in [3.05, 3.63) is 65.2 Å². The smallest absolute Gasteiger partial charge is 0.195 e. The SMILES string of the molecule is CC(C(=O)[O-])c1cccc(C(=O)c2ccccc2)c1N. The molecule has 0 saturated heterocycles. The Kier molecular flexibility index (Phi) is 3.84. The largest absolute Gasteiger partial charge is 0.550 e. The van der Waals surface area contributed by atoms with Gasteiger partial charge in [0.05, 0.1) is 0 Å². The maximum Gasteiger partial charge on any atom is 0.195 e. The van der Waals surface area contributed by atoms with Crippen molar-refractivity contribution in [2.75, 3.05) is 5.73 Å². The first kappa shape index (κ1) is 13.8. The van der Waals surface area contributed by atoms with Crippen LogP contribution in [0.25, 0.3) is 0 Å². The van der Waals surface area contributed by atoms with Crippen LogP contribution in [0.1, 0.15) is 34.3 Å². The summed E-state index contributed by atoms with van der Waals surface area (Å²) in [6, 6.07) is 13.5. The van der Waals surface area contributed by atoms with Crippen LogP contribution >= 0.6 is 0 Å². The monoisotopic (exact) mass is 268 g/mol. The van der Waals surface area contributed by atoms with Crippen LogP contribution in [0.2, 0.25) is 0 Å². The number of para-hydroxylation sites is 1. The van der Waals surface area contributed by atoms with Crippen molar-refractivity contribution < 1.29 is 14.7 Å². The summed E-state index contributed by atoms with van der Waals surface area (Å²) in [4.78, 5) is 23.3. The Hall–Kier alpha value is -2.62. The molecular formula is C16H14NO3-. The van der Waals surface area contributed by atoms with Gasteiger partial charge >= 0.3 is 0 Å². The second kappa shape index (κ2) is 5.57. The van der Waals surface area contributed by atoms with Gasteiger partial charge in [-0.2, -0.15) is 0 Å². The van der Waals surface area contributed by atoms with E-state index in [1.165, 1.54) is 6.92 Å². The number of nitrogen functional groups attached to an aromatic ring is 1. The highest BCUT2D eigenvalue weighted by Gasteiger charge is 2.17. The lowest BCUT2D eigenvalue weighted by molar-refractivity contribution is -0.307. The third-order valence-electron chi connectivity index (χ3n) is 3.24. The number of carboxylic acid groups (broad SMARTS) is 1. The van der Waals surface area contributed by atoms with E-state index in [-0.39, 0.29) is 11.5 Å². The number of nitrogens with two attached hydrogens (primary N) is 1. The average Bonchev–Trinajstić information content (AvgIpc) is 2.47. The van der Waals surface area contributed by atoms with Crippen LogP contribution in [-0.4, -0.2) is 11.8 Å². The fourth-order valence-corrected chi connectivity index (χ4v) is 2.03. The molecule has 0 spiro atoms. The Labute approximate surface area is 116 Å². The van der Waals surface area contributed by atoms with E-state index in [0.29, 0.717) is 16.7 Å². The standard InChI is InChI=1S/C16H15NO3/c1-10(16(19)20)12-8-5-9-13(14(12)17)15(18)11-6-3-2-4-7-11/h2-10H,17H2,1H3,(H,19,20)/p-1. The lowest BCUT2D eigenvalue weighted by atomic mass is 9.93. The molecule has 0 aliphatic carbocycles. The molecule has 2 N–H and O–H groups in total. The van der Waals surface area contributed by atoms with Crippen molar-refractivity contribution in [3.8, 4) is 0 Å². The van der Waals surface area contributed by atoms with Crippen LogP contribution in [0.3, 0.4) is 0 Å². The molecule has 0 heterocycles. The van der Waals surface area contributed by atoms with E-state index in [1.54, 1.807) is 42.5 Å². The van der Waals surface area contributed by atoms with Gasteiger partial charge in [-0.15, -0.1) is 0 Å². The van der Waals surface area contributed by atoms with Crippen LogP contribution in [-0.2, 0) is 4.79 Å². The summed E-state index contributed by atoms with van der Waals surface area (Å²) in [5, 5.41) is 11.0. The van der Waals surface area contributed by atoms with Gasteiger partial charge in [0.1, 0.15) is 0 Å². The van der Waals surface area contributed by atoms with Crippen LogP contribution in [0.4, 0.5) is 5.69 Å². The van der Waals surface area contributed by atoms with Gasteiger partial charge in [-0.1, -0.05) is 49.4 Å². The summed E-state index contributed by atoms with van der Waals surface area (Å²) in [7, 11) is 0. The van der Waals surface area contributed by atoms with Crippen LogP contribution in [0.5, 0.6) is 0 Å². The number of aliphatic carboxylic acids is 1. The number of ketones is 1. The average molecular weight is 268 g/mol. The molecule has 2 rings (SSSR count). The van der Waals surface area contributed by atoms with E-state index in [2.05, 4.69) is 0 Å². The van der Waals surface area contributed by atoms with Gasteiger partial charge in [0.25, 0.3) is 0 Å². The number of hydrogen-bond acceptors (Lipinski definition) is 4. The first-order valence-corrected chi connectivity index (χ1v) is 6.21. The molecule has 4 heteroatoms. The zero-order valence-corrected chi connectivity index (χ0v) is 11.0. The molecule has 0 aromatic heterocycles. The van der Waals surface area contributed by atoms with E-state index in [1.807, 2.05) is 6.07 Å². The molecule has 20 heavy (non-hydrogen) atoms. The molecule has 0 amide bonds. The fourth-order valence-electron chi connectivity index (χ4n) is 2.03. The summed E-state index contributed by atoms with van der Waals surface area (Å²) in [6.07, 6.45) is 0. The Morgan fingerprint density at radius 2 is 1.70 bits per heavy atom. The molecule has 0 saturated carbocycles. The molecule has 1 unspecified atom stereocenters. The topological polar surface area (TPSA) is 83.2 Å². The molecule has 0 aliphatic rings.